The van der Waals surface area contributed by atoms with E-state index in [-0.39, 0.29) is 5.91 Å². The van der Waals surface area contributed by atoms with Gasteiger partial charge in [0.2, 0.25) is 0 Å². The molecule has 1 aliphatic heterocycles. The highest BCUT2D eigenvalue weighted by atomic mass is 79.9. The molecule has 0 N–H and O–H groups in total. The van der Waals surface area contributed by atoms with Crippen LogP contribution in [0.25, 0.3) is 0 Å². The van der Waals surface area contributed by atoms with E-state index in [4.69, 9.17) is 11.6 Å². The molecule has 0 atom stereocenters. The number of aromatic nitrogens is 2. The lowest BCUT2D eigenvalue weighted by atomic mass is 9.99. The minimum absolute atomic E-state index is 0.0888. The summed E-state index contributed by atoms with van der Waals surface area (Å²) in [5.74, 6) is -0.0888. The molecule has 0 spiro atoms. The van der Waals surface area contributed by atoms with E-state index >= 15 is 0 Å². The molecule has 0 saturated heterocycles. The number of nitrogens with zero attached hydrogens (tertiary/aromatic N) is 3. The monoisotopic (exact) mass is 351 g/mol. The maximum absolute atomic E-state index is 12.6. The van der Waals surface area contributed by atoms with Crippen LogP contribution in [0.3, 0.4) is 0 Å². The number of amides is 1. The zero-order valence-corrected chi connectivity index (χ0v) is 13.2. The van der Waals surface area contributed by atoms with Gasteiger partial charge in [-0.15, -0.1) is 0 Å². The van der Waals surface area contributed by atoms with Crippen LogP contribution in [0.15, 0.2) is 35.1 Å². The summed E-state index contributed by atoms with van der Waals surface area (Å²) < 4.78 is 0.820. The van der Waals surface area contributed by atoms with Gasteiger partial charge in [0, 0.05) is 10.7 Å². The zero-order valence-electron chi connectivity index (χ0n) is 10.9. The highest BCUT2D eigenvalue weighted by Crippen LogP contribution is 2.41. The third-order valence-electron chi connectivity index (χ3n) is 3.38. The summed E-state index contributed by atoms with van der Waals surface area (Å²) in [7, 11) is 0. The number of carbonyl (C=O) groups excluding carboxylic acids is 1. The summed E-state index contributed by atoms with van der Waals surface area (Å²) in [5.41, 5.74) is 1.43. The molecule has 20 heavy (non-hydrogen) atoms. The maximum atomic E-state index is 12.6. The second-order valence-corrected chi connectivity index (χ2v) is 6.39. The molecule has 0 unspecified atom stereocenters. The van der Waals surface area contributed by atoms with Crippen LogP contribution in [0.4, 0.5) is 5.69 Å². The van der Waals surface area contributed by atoms with Crippen LogP contribution >= 0.6 is 27.5 Å². The highest BCUT2D eigenvalue weighted by Gasteiger charge is 2.45. The fourth-order valence-electron chi connectivity index (χ4n) is 2.52. The molecule has 2 aromatic rings. The predicted octanol–water partition coefficient (Wildman–Crippen LogP) is 3.79. The standard InChI is InChI=1S/C14H11BrClN3O/c1-14(2)12-10(3-4-11(16)18-12)13(20)19(14)9-5-8(15)6-17-7-9/h3-7H,1-2H3. The molecule has 6 heteroatoms. The van der Waals surface area contributed by atoms with Crippen molar-refractivity contribution in [3.05, 3.63) is 51.5 Å². The Balaban J connectivity index is 2.18. The Morgan fingerprint density at radius 2 is 2.05 bits per heavy atom. The van der Waals surface area contributed by atoms with Crippen LogP contribution < -0.4 is 4.90 Å². The van der Waals surface area contributed by atoms with E-state index in [2.05, 4.69) is 25.9 Å². The van der Waals surface area contributed by atoms with Gasteiger partial charge in [-0.25, -0.2) is 4.98 Å². The van der Waals surface area contributed by atoms with Crippen molar-refractivity contribution >= 4 is 39.1 Å². The van der Waals surface area contributed by atoms with Gasteiger partial charge < -0.3 is 0 Å². The minimum Gasteiger partial charge on any atom is -0.295 e. The largest absolute Gasteiger partial charge is 0.295 e. The molecule has 2 aromatic heterocycles. The third-order valence-corrected chi connectivity index (χ3v) is 4.03. The maximum Gasteiger partial charge on any atom is 0.261 e. The number of carbonyl (C=O) groups is 1. The van der Waals surface area contributed by atoms with Gasteiger partial charge in [-0.1, -0.05) is 11.6 Å². The average Bonchev–Trinajstić information content (AvgIpc) is 2.57. The molecular formula is C14H11BrClN3O. The van der Waals surface area contributed by atoms with Crippen molar-refractivity contribution in [2.45, 2.75) is 19.4 Å². The predicted molar refractivity (Wildman–Crippen MR) is 81.0 cm³/mol. The molecule has 3 heterocycles. The van der Waals surface area contributed by atoms with Crippen molar-refractivity contribution in [2.75, 3.05) is 4.90 Å². The average molecular weight is 353 g/mol. The van der Waals surface area contributed by atoms with E-state index in [0.29, 0.717) is 16.4 Å². The molecule has 0 aromatic carbocycles. The fourth-order valence-corrected chi connectivity index (χ4v) is 3.02. The first kappa shape index (κ1) is 13.5. The van der Waals surface area contributed by atoms with E-state index in [9.17, 15) is 4.79 Å². The first-order valence-electron chi connectivity index (χ1n) is 6.03. The zero-order chi connectivity index (χ0) is 14.5. The Bertz CT molecular complexity index is 717. The first-order chi connectivity index (χ1) is 9.41. The van der Waals surface area contributed by atoms with Crippen molar-refractivity contribution in [3.8, 4) is 0 Å². The molecule has 0 bridgehead atoms. The van der Waals surface area contributed by atoms with Gasteiger partial charge in [0.25, 0.3) is 5.91 Å². The van der Waals surface area contributed by atoms with Crippen molar-refractivity contribution in [2.24, 2.45) is 0 Å². The second-order valence-electron chi connectivity index (χ2n) is 5.09. The molecule has 102 valence electrons. The number of halogens is 2. The van der Waals surface area contributed by atoms with Gasteiger partial charge in [0.15, 0.2) is 0 Å². The molecule has 0 fully saturated rings. The van der Waals surface area contributed by atoms with Crippen LogP contribution in [0.5, 0.6) is 0 Å². The van der Waals surface area contributed by atoms with Gasteiger partial charge in [-0.05, 0) is 48.0 Å². The summed E-state index contributed by atoms with van der Waals surface area (Å²) in [4.78, 5) is 22.8. The number of hydrogen-bond acceptors (Lipinski definition) is 3. The van der Waals surface area contributed by atoms with E-state index in [1.54, 1.807) is 29.4 Å². The van der Waals surface area contributed by atoms with Gasteiger partial charge in [-0.2, -0.15) is 0 Å². The van der Waals surface area contributed by atoms with Crippen LogP contribution in [0.1, 0.15) is 29.9 Å². The quantitative estimate of drug-likeness (QED) is 0.734. The molecule has 1 aliphatic rings. The van der Waals surface area contributed by atoms with Crippen LogP contribution in [0, 0.1) is 0 Å². The first-order valence-corrected chi connectivity index (χ1v) is 7.20. The summed E-state index contributed by atoms with van der Waals surface area (Å²) in [6.07, 6.45) is 3.34. The van der Waals surface area contributed by atoms with Crippen LogP contribution in [-0.2, 0) is 5.54 Å². The topological polar surface area (TPSA) is 46.1 Å². The van der Waals surface area contributed by atoms with Gasteiger partial charge in [0.05, 0.1) is 28.7 Å². The highest BCUT2D eigenvalue weighted by molar-refractivity contribution is 9.10. The van der Waals surface area contributed by atoms with Gasteiger partial charge >= 0.3 is 0 Å². The normalized spacial score (nSPS) is 16.4. The second kappa shape index (κ2) is 4.53. The number of anilines is 1. The Morgan fingerprint density at radius 1 is 1.30 bits per heavy atom. The van der Waals surface area contributed by atoms with E-state index in [1.165, 1.54) is 0 Å². The van der Waals surface area contributed by atoms with Gasteiger partial charge in [-0.3, -0.25) is 14.7 Å². The number of pyridine rings is 2. The van der Waals surface area contributed by atoms with E-state index < -0.39 is 5.54 Å². The third kappa shape index (κ3) is 1.93. The van der Waals surface area contributed by atoms with Gasteiger partial charge in [0.1, 0.15) is 5.15 Å². The minimum atomic E-state index is -0.570. The Kier molecular flexibility index (Phi) is 3.06. The number of hydrogen-bond donors (Lipinski definition) is 0. The molecule has 1 amide bonds. The fraction of sp³-hybridized carbons (Fsp3) is 0.214. The lowest BCUT2D eigenvalue weighted by molar-refractivity contribution is 0.0982. The lowest BCUT2D eigenvalue weighted by Gasteiger charge is -2.31. The summed E-state index contributed by atoms with van der Waals surface area (Å²) in [5, 5.41) is 0.388. The van der Waals surface area contributed by atoms with Crippen molar-refractivity contribution in [1.82, 2.24) is 9.97 Å². The molecule has 4 nitrogen and oxygen atoms in total. The molecule has 3 rings (SSSR count). The summed E-state index contributed by atoms with van der Waals surface area (Å²) >= 11 is 9.33. The van der Waals surface area contributed by atoms with Crippen molar-refractivity contribution < 1.29 is 4.79 Å². The smallest absolute Gasteiger partial charge is 0.261 e. The molecule has 0 saturated carbocycles. The molecule has 0 aliphatic carbocycles. The van der Waals surface area contributed by atoms with E-state index in [1.807, 2.05) is 19.9 Å². The molecule has 0 radical (unpaired) electrons. The van der Waals surface area contributed by atoms with Crippen molar-refractivity contribution in [3.63, 3.8) is 0 Å². The van der Waals surface area contributed by atoms with Crippen LogP contribution in [-0.4, -0.2) is 15.9 Å². The number of rotatable bonds is 1. The number of fused-ring (bicyclic) bond motifs is 1. The Morgan fingerprint density at radius 3 is 2.75 bits per heavy atom. The Hall–Kier alpha value is -1.46. The van der Waals surface area contributed by atoms with E-state index in [0.717, 1.165) is 10.2 Å². The lowest BCUT2D eigenvalue weighted by Crippen LogP contribution is -2.39. The van der Waals surface area contributed by atoms with Crippen LogP contribution in [0.2, 0.25) is 5.15 Å². The van der Waals surface area contributed by atoms with Crippen molar-refractivity contribution in [1.29, 1.82) is 0 Å². The summed E-state index contributed by atoms with van der Waals surface area (Å²) in [6.45, 7) is 3.89. The Labute approximate surface area is 129 Å². The SMILES string of the molecule is CC1(C)c2nc(Cl)ccc2C(=O)N1c1cncc(Br)c1. The molecular weight excluding hydrogens is 342 g/mol. The summed E-state index contributed by atoms with van der Waals surface area (Å²) in [6, 6.07) is 5.22.